The number of hydrogen-bond acceptors (Lipinski definition) is 3. The Labute approximate surface area is 160 Å². The van der Waals surface area contributed by atoms with Crippen LogP contribution in [-0.2, 0) is 24.3 Å². The molecule has 0 spiro atoms. The second kappa shape index (κ2) is 9.40. The Hall–Kier alpha value is -2.32. The number of rotatable bonds is 8. The summed E-state index contributed by atoms with van der Waals surface area (Å²) < 4.78 is 1.86. The zero-order valence-corrected chi connectivity index (χ0v) is 16.4. The Morgan fingerprint density at radius 1 is 1.35 bits per heavy atom. The summed E-state index contributed by atoms with van der Waals surface area (Å²) in [7, 11) is 0. The summed E-state index contributed by atoms with van der Waals surface area (Å²) in [5.41, 5.74) is 4.04. The summed E-state index contributed by atoms with van der Waals surface area (Å²) >= 11 is 6.22. The highest BCUT2D eigenvalue weighted by Crippen LogP contribution is 2.19. The molecule has 5 nitrogen and oxygen atoms in total. The number of aromatic nitrogens is 2. The Kier molecular flexibility index (Phi) is 7.23. The summed E-state index contributed by atoms with van der Waals surface area (Å²) in [4.78, 5) is 14.5. The summed E-state index contributed by atoms with van der Waals surface area (Å²) in [6.07, 6.45) is 1.52. The first-order chi connectivity index (χ1) is 12.5. The van der Waals surface area contributed by atoms with Crippen LogP contribution >= 0.6 is 11.6 Å². The van der Waals surface area contributed by atoms with Crippen molar-refractivity contribution in [3.8, 4) is 6.07 Å². The van der Waals surface area contributed by atoms with Crippen LogP contribution in [0.5, 0.6) is 0 Å². The van der Waals surface area contributed by atoms with Crippen LogP contribution < -0.4 is 0 Å². The topological polar surface area (TPSA) is 61.9 Å². The minimum atomic E-state index is 0.107. The zero-order valence-electron chi connectivity index (χ0n) is 15.6. The molecule has 1 aromatic heterocycles. The quantitative estimate of drug-likeness (QED) is 0.702. The van der Waals surface area contributed by atoms with E-state index in [9.17, 15) is 4.79 Å². The molecule has 26 heavy (non-hydrogen) atoms. The van der Waals surface area contributed by atoms with Crippen LogP contribution in [0.15, 0.2) is 24.3 Å². The number of aryl methyl sites for hydroxylation is 2. The van der Waals surface area contributed by atoms with Gasteiger partial charge in [-0.3, -0.25) is 9.48 Å². The van der Waals surface area contributed by atoms with Gasteiger partial charge in [-0.25, -0.2) is 0 Å². The predicted molar refractivity (Wildman–Crippen MR) is 103 cm³/mol. The molecule has 2 aromatic rings. The van der Waals surface area contributed by atoms with Gasteiger partial charge in [-0.2, -0.15) is 10.4 Å². The van der Waals surface area contributed by atoms with E-state index in [0.29, 0.717) is 43.9 Å². The first-order valence-electron chi connectivity index (χ1n) is 8.88. The van der Waals surface area contributed by atoms with E-state index >= 15 is 0 Å². The number of amides is 1. The van der Waals surface area contributed by atoms with Gasteiger partial charge >= 0.3 is 0 Å². The number of hydrogen-bond donors (Lipinski definition) is 0. The van der Waals surface area contributed by atoms with Crippen molar-refractivity contribution in [2.24, 2.45) is 0 Å². The first kappa shape index (κ1) is 20.0. The second-order valence-corrected chi connectivity index (χ2v) is 6.69. The average molecular weight is 373 g/mol. The molecule has 0 aliphatic carbocycles. The van der Waals surface area contributed by atoms with Crippen molar-refractivity contribution in [1.82, 2.24) is 14.7 Å². The van der Waals surface area contributed by atoms with E-state index in [4.69, 9.17) is 16.9 Å². The van der Waals surface area contributed by atoms with E-state index in [2.05, 4.69) is 11.2 Å². The van der Waals surface area contributed by atoms with Gasteiger partial charge in [-0.1, -0.05) is 29.8 Å². The SMILES string of the molecule is CCN(Cc1ccccc1Cl)C(=O)CCc1c(C)nn(CCC#N)c1C. The van der Waals surface area contributed by atoms with E-state index in [-0.39, 0.29) is 5.91 Å². The van der Waals surface area contributed by atoms with Gasteiger partial charge in [-0.05, 0) is 44.4 Å². The second-order valence-electron chi connectivity index (χ2n) is 6.28. The normalized spacial score (nSPS) is 10.6. The van der Waals surface area contributed by atoms with Gasteiger partial charge in [0.2, 0.25) is 5.91 Å². The summed E-state index contributed by atoms with van der Waals surface area (Å²) in [5, 5.41) is 13.9. The van der Waals surface area contributed by atoms with E-state index in [1.807, 2.05) is 54.6 Å². The van der Waals surface area contributed by atoms with Crippen LogP contribution in [0.1, 0.15) is 42.3 Å². The van der Waals surface area contributed by atoms with Crippen molar-refractivity contribution < 1.29 is 4.79 Å². The number of benzene rings is 1. The lowest BCUT2D eigenvalue weighted by molar-refractivity contribution is -0.131. The molecule has 6 heteroatoms. The minimum absolute atomic E-state index is 0.107. The molecule has 1 amide bonds. The van der Waals surface area contributed by atoms with Crippen LogP contribution in [-0.4, -0.2) is 27.1 Å². The standard InChI is InChI=1S/C20H25ClN4O/c1-4-24(14-17-8-5-6-9-19(17)21)20(26)11-10-18-15(2)23-25(16(18)3)13-7-12-22/h5-6,8-9H,4,7,10-11,13-14H2,1-3H3. The van der Waals surface area contributed by atoms with Crippen molar-refractivity contribution in [3.05, 3.63) is 51.8 Å². The molecule has 0 bridgehead atoms. The van der Waals surface area contributed by atoms with E-state index < -0.39 is 0 Å². The van der Waals surface area contributed by atoms with Gasteiger partial charge in [0.15, 0.2) is 0 Å². The van der Waals surface area contributed by atoms with Crippen LogP contribution in [0, 0.1) is 25.2 Å². The molecule has 0 unspecified atom stereocenters. The average Bonchev–Trinajstić information content (AvgIpc) is 2.90. The molecular formula is C20H25ClN4O. The predicted octanol–water partition coefficient (Wildman–Crippen LogP) is 4.05. The van der Waals surface area contributed by atoms with Gasteiger partial charge in [0.25, 0.3) is 0 Å². The third kappa shape index (κ3) is 4.86. The lowest BCUT2D eigenvalue weighted by Crippen LogP contribution is -2.30. The zero-order chi connectivity index (χ0) is 19.1. The Morgan fingerprint density at radius 3 is 2.73 bits per heavy atom. The lowest BCUT2D eigenvalue weighted by Gasteiger charge is -2.21. The first-order valence-corrected chi connectivity index (χ1v) is 9.26. The molecule has 0 saturated heterocycles. The molecule has 0 N–H and O–H groups in total. The van der Waals surface area contributed by atoms with Crippen molar-refractivity contribution in [3.63, 3.8) is 0 Å². The van der Waals surface area contributed by atoms with Crippen molar-refractivity contribution in [1.29, 1.82) is 5.26 Å². The van der Waals surface area contributed by atoms with Crippen LogP contribution in [0.4, 0.5) is 0 Å². The lowest BCUT2D eigenvalue weighted by atomic mass is 10.1. The summed E-state index contributed by atoms with van der Waals surface area (Å²) in [6.45, 7) is 7.68. The fourth-order valence-corrected chi connectivity index (χ4v) is 3.26. The number of nitrogens with zero attached hydrogens (tertiary/aromatic N) is 4. The third-order valence-corrected chi connectivity index (χ3v) is 4.98. The van der Waals surface area contributed by atoms with E-state index in [1.54, 1.807) is 0 Å². The molecular weight excluding hydrogens is 348 g/mol. The molecule has 1 aromatic carbocycles. The Bertz CT molecular complexity index is 807. The van der Waals surface area contributed by atoms with Gasteiger partial charge in [0, 0.05) is 30.2 Å². The maximum absolute atomic E-state index is 12.7. The Balaban J connectivity index is 2.02. The summed E-state index contributed by atoms with van der Waals surface area (Å²) in [5.74, 6) is 0.107. The molecule has 2 rings (SSSR count). The smallest absolute Gasteiger partial charge is 0.223 e. The number of carbonyl (C=O) groups excluding carboxylic acids is 1. The van der Waals surface area contributed by atoms with E-state index in [0.717, 1.165) is 22.5 Å². The fraction of sp³-hybridized carbons (Fsp3) is 0.450. The van der Waals surface area contributed by atoms with Gasteiger partial charge in [-0.15, -0.1) is 0 Å². The van der Waals surface area contributed by atoms with Gasteiger partial charge < -0.3 is 4.90 Å². The fourth-order valence-electron chi connectivity index (χ4n) is 3.07. The number of carbonyl (C=O) groups is 1. The van der Waals surface area contributed by atoms with Crippen molar-refractivity contribution in [2.75, 3.05) is 6.54 Å². The summed E-state index contributed by atoms with van der Waals surface area (Å²) in [6, 6.07) is 9.76. The molecule has 0 aliphatic rings. The van der Waals surface area contributed by atoms with Crippen LogP contribution in [0.2, 0.25) is 5.02 Å². The minimum Gasteiger partial charge on any atom is -0.339 e. The molecule has 0 radical (unpaired) electrons. The highest BCUT2D eigenvalue weighted by atomic mass is 35.5. The van der Waals surface area contributed by atoms with Crippen molar-refractivity contribution in [2.45, 2.75) is 53.1 Å². The highest BCUT2D eigenvalue weighted by molar-refractivity contribution is 6.31. The number of halogens is 1. The molecule has 138 valence electrons. The molecule has 1 heterocycles. The molecule has 0 atom stereocenters. The van der Waals surface area contributed by atoms with Gasteiger partial charge in [0.1, 0.15) is 0 Å². The van der Waals surface area contributed by atoms with E-state index in [1.165, 1.54) is 0 Å². The van der Waals surface area contributed by atoms with Crippen LogP contribution in [0.3, 0.4) is 0 Å². The maximum atomic E-state index is 12.7. The van der Waals surface area contributed by atoms with Crippen molar-refractivity contribution >= 4 is 17.5 Å². The van der Waals surface area contributed by atoms with Crippen LogP contribution in [0.25, 0.3) is 0 Å². The molecule has 0 fully saturated rings. The van der Waals surface area contributed by atoms with Gasteiger partial charge in [0.05, 0.1) is 24.7 Å². The largest absolute Gasteiger partial charge is 0.339 e. The monoisotopic (exact) mass is 372 g/mol. The highest BCUT2D eigenvalue weighted by Gasteiger charge is 2.17. The number of nitriles is 1. The molecule has 0 saturated carbocycles. The maximum Gasteiger partial charge on any atom is 0.223 e. The third-order valence-electron chi connectivity index (χ3n) is 4.61. The Morgan fingerprint density at radius 2 is 2.08 bits per heavy atom. The molecule has 0 aliphatic heterocycles.